The van der Waals surface area contributed by atoms with E-state index in [0.29, 0.717) is 0 Å². The maximum Gasteiger partial charge on any atom is 0.160 e. The molecule has 2 heterocycles. The molecule has 0 radical (unpaired) electrons. The lowest BCUT2D eigenvalue weighted by Gasteiger charge is -2.05. The normalized spacial score (nSPS) is 10.6. The van der Waals surface area contributed by atoms with Gasteiger partial charge in [0.2, 0.25) is 0 Å². The zero-order chi connectivity index (χ0) is 7.68. The van der Waals surface area contributed by atoms with Crippen LogP contribution < -0.4 is 0 Å². The van der Waals surface area contributed by atoms with E-state index in [2.05, 4.69) is 21.5 Å². The van der Waals surface area contributed by atoms with Crippen LogP contribution in [0.5, 0.6) is 0 Å². The van der Waals surface area contributed by atoms with Gasteiger partial charge in [-0.1, -0.05) is 0 Å². The van der Waals surface area contributed by atoms with Gasteiger partial charge in [-0.15, -0.1) is 0 Å². The van der Waals surface area contributed by atoms with Crippen LogP contribution >= 0.6 is 0 Å². The van der Waals surface area contributed by atoms with E-state index in [0.717, 1.165) is 18.1 Å². The van der Waals surface area contributed by atoms with Crippen LogP contribution in [0.3, 0.4) is 0 Å². The van der Waals surface area contributed by atoms with Gasteiger partial charge in [0, 0.05) is 12.7 Å². The molecule has 0 amide bonds. The molecule has 3 nitrogen and oxygen atoms in total. The second-order valence-corrected chi connectivity index (χ2v) is 2.38. The molecule has 11 heavy (non-hydrogen) atoms. The van der Waals surface area contributed by atoms with E-state index in [1.165, 1.54) is 0 Å². The van der Waals surface area contributed by atoms with E-state index >= 15 is 0 Å². The van der Waals surface area contributed by atoms with Crippen molar-refractivity contribution in [1.82, 2.24) is 14.5 Å². The molecule has 2 rings (SSSR count). The average molecular weight is 147 g/mol. The van der Waals surface area contributed by atoms with Crippen LogP contribution in [-0.2, 0) is 6.54 Å². The summed E-state index contributed by atoms with van der Waals surface area (Å²) in [6.07, 6.45) is 3.60. The Labute approximate surface area is 65.1 Å². The lowest BCUT2D eigenvalue weighted by atomic mass is 10.3. The Morgan fingerprint density at radius 1 is 1.45 bits per heavy atom. The Balaban J connectivity index is 2.66. The summed E-state index contributed by atoms with van der Waals surface area (Å²) in [4.78, 5) is 8.24. The molecule has 2 aliphatic heterocycles. The summed E-state index contributed by atoms with van der Waals surface area (Å²) in [5.74, 6) is 0.968. The fourth-order valence-electron chi connectivity index (χ4n) is 1.17. The summed E-state index contributed by atoms with van der Waals surface area (Å²) >= 11 is 0. The van der Waals surface area contributed by atoms with Crippen molar-refractivity contribution in [1.29, 1.82) is 0 Å². The van der Waals surface area contributed by atoms with Gasteiger partial charge in [0.15, 0.2) is 5.82 Å². The number of nitrogens with zero attached hydrogens (tertiary/aromatic N) is 3. The van der Waals surface area contributed by atoms with Gasteiger partial charge in [-0.25, -0.2) is 9.97 Å². The summed E-state index contributed by atoms with van der Waals surface area (Å²) in [5, 5.41) is 0. The highest BCUT2D eigenvalue weighted by Gasteiger charge is 2.06. The van der Waals surface area contributed by atoms with Gasteiger partial charge in [0.1, 0.15) is 12.0 Å². The molecule has 2 aliphatic rings. The molecule has 0 aromatic carbocycles. The van der Waals surface area contributed by atoms with Crippen molar-refractivity contribution in [2.75, 3.05) is 0 Å². The zero-order valence-electron chi connectivity index (χ0n) is 6.36. The number of rotatable bonds is 1. The first-order valence-corrected chi connectivity index (χ1v) is 3.67. The molecule has 0 unspecified atom stereocenters. The minimum atomic E-state index is 0.941. The third-order valence-corrected chi connectivity index (χ3v) is 1.74. The molecule has 0 spiro atoms. The molecular formula is C8H9N3. The summed E-state index contributed by atoms with van der Waals surface area (Å²) in [6.45, 7) is 3.03. The average Bonchev–Trinajstić information content (AvgIpc) is 2.50. The molecule has 0 aromatic rings. The van der Waals surface area contributed by atoms with E-state index in [1.54, 1.807) is 6.33 Å². The maximum atomic E-state index is 4.14. The topological polar surface area (TPSA) is 30.7 Å². The molecule has 0 aromatic heterocycles. The van der Waals surface area contributed by atoms with Crippen molar-refractivity contribution in [3.8, 4) is 11.5 Å². The van der Waals surface area contributed by atoms with E-state index in [-0.39, 0.29) is 0 Å². The number of imidazole rings is 1. The standard InChI is InChI=1S/C8H9N3/c1-2-11-5-3-4-7-8(11)10-6-9-7/h3-6H,2H2,1H3. The summed E-state index contributed by atoms with van der Waals surface area (Å²) in [6, 6.07) is 3.95. The fraction of sp³-hybridized carbons (Fsp3) is 0.250. The predicted molar refractivity (Wildman–Crippen MR) is 42.3 cm³/mol. The first-order chi connectivity index (χ1) is 5.42. The molecule has 56 valence electrons. The van der Waals surface area contributed by atoms with Crippen LogP contribution in [0.25, 0.3) is 11.5 Å². The molecule has 0 saturated heterocycles. The highest BCUT2D eigenvalue weighted by Crippen LogP contribution is 2.14. The Hall–Kier alpha value is -1.38. The van der Waals surface area contributed by atoms with Crippen LogP contribution in [0.2, 0.25) is 0 Å². The van der Waals surface area contributed by atoms with Gasteiger partial charge in [-0.2, -0.15) is 0 Å². The predicted octanol–water partition coefficient (Wildman–Crippen LogP) is 1.40. The van der Waals surface area contributed by atoms with Crippen molar-refractivity contribution < 1.29 is 0 Å². The van der Waals surface area contributed by atoms with Crippen molar-refractivity contribution in [2.24, 2.45) is 0 Å². The third-order valence-electron chi connectivity index (χ3n) is 1.74. The number of hydrogen-bond acceptors (Lipinski definition) is 2. The van der Waals surface area contributed by atoms with Crippen LogP contribution in [0.15, 0.2) is 24.7 Å². The van der Waals surface area contributed by atoms with E-state index in [4.69, 9.17) is 0 Å². The zero-order valence-corrected chi connectivity index (χ0v) is 6.36. The van der Waals surface area contributed by atoms with Crippen molar-refractivity contribution >= 4 is 0 Å². The Morgan fingerprint density at radius 2 is 2.36 bits per heavy atom. The summed E-state index contributed by atoms with van der Waals surface area (Å²) in [5.41, 5.74) is 0.967. The Bertz CT molecular complexity index is 326. The van der Waals surface area contributed by atoms with E-state index in [1.807, 2.05) is 18.3 Å². The molecule has 0 saturated carbocycles. The lowest BCUT2D eigenvalue weighted by Crippen LogP contribution is -1.99. The minimum absolute atomic E-state index is 0.941. The molecule has 0 bridgehead atoms. The van der Waals surface area contributed by atoms with Gasteiger partial charge < -0.3 is 4.57 Å². The van der Waals surface area contributed by atoms with Gasteiger partial charge in [-0.3, -0.25) is 0 Å². The molecule has 3 heteroatoms. The number of pyridine rings is 1. The minimum Gasteiger partial charge on any atom is -0.331 e. The Morgan fingerprint density at radius 3 is 3.18 bits per heavy atom. The first kappa shape index (κ1) is 6.34. The summed E-state index contributed by atoms with van der Waals surface area (Å²) in [7, 11) is 0. The highest BCUT2D eigenvalue weighted by atomic mass is 15.1. The number of hydrogen-bond donors (Lipinski definition) is 0. The maximum absolute atomic E-state index is 4.14. The fourth-order valence-corrected chi connectivity index (χ4v) is 1.17. The van der Waals surface area contributed by atoms with Gasteiger partial charge in [-0.05, 0) is 19.1 Å². The van der Waals surface area contributed by atoms with Gasteiger partial charge in [0.25, 0.3) is 0 Å². The Kier molecular flexibility index (Phi) is 1.35. The van der Waals surface area contributed by atoms with Crippen LogP contribution in [-0.4, -0.2) is 14.5 Å². The van der Waals surface area contributed by atoms with Gasteiger partial charge >= 0.3 is 0 Å². The first-order valence-electron chi connectivity index (χ1n) is 3.67. The lowest BCUT2D eigenvalue weighted by molar-refractivity contribution is 0.751. The van der Waals surface area contributed by atoms with E-state index in [9.17, 15) is 0 Å². The number of aromatic nitrogens is 3. The SMILES string of the molecule is CCn1cccc2ncnc1-2. The molecule has 0 aliphatic carbocycles. The monoisotopic (exact) mass is 147 g/mol. The van der Waals surface area contributed by atoms with Crippen molar-refractivity contribution in [3.05, 3.63) is 24.7 Å². The summed E-state index contributed by atoms with van der Waals surface area (Å²) < 4.78 is 2.07. The second-order valence-electron chi connectivity index (χ2n) is 2.38. The molecule has 0 atom stereocenters. The second kappa shape index (κ2) is 2.34. The van der Waals surface area contributed by atoms with Crippen LogP contribution in [0, 0.1) is 0 Å². The smallest absolute Gasteiger partial charge is 0.160 e. The largest absolute Gasteiger partial charge is 0.331 e. The highest BCUT2D eigenvalue weighted by molar-refractivity contribution is 5.50. The molecule has 0 N–H and O–H groups in total. The van der Waals surface area contributed by atoms with E-state index < -0.39 is 0 Å². The van der Waals surface area contributed by atoms with Crippen LogP contribution in [0.4, 0.5) is 0 Å². The van der Waals surface area contributed by atoms with Gasteiger partial charge in [0.05, 0.1) is 0 Å². The third kappa shape index (κ3) is 0.888. The number of aryl methyl sites for hydroxylation is 1. The van der Waals surface area contributed by atoms with Crippen molar-refractivity contribution in [3.63, 3.8) is 0 Å². The van der Waals surface area contributed by atoms with Crippen molar-refractivity contribution in [2.45, 2.75) is 13.5 Å². The van der Waals surface area contributed by atoms with Crippen LogP contribution in [0.1, 0.15) is 6.92 Å². The quantitative estimate of drug-likeness (QED) is 0.610. The molecular weight excluding hydrogens is 138 g/mol. The molecule has 0 fully saturated rings. The number of fused-ring (bicyclic) bond motifs is 1.